The van der Waals surface area contributed by atoms with E-state index in [0.29, 0.717) is 29.8 Å². The largest absolute Gasteiger partial charge is 0.352 e. The van der Waals surface area contributed by atoms with Crippen LogP contribution in [0, 0.1) is 0 Å². The number of carbonyl (C=O) groups excluding carboxylic acids is 4. The van der Waals surface area contributed by atoms with E-state index in [-0.39, 0.29) is 34.3 Å². The lowest BCUT2D eigenvalue weighted by atomic mass is 10.1. The smallest absolute Gasteiger partial charge is 0.323 e. The molecule has 0 radical (unpaired) electrons. The van der Waals surface area contributed by atoms with Gasteiger partial charge in [-0.15, -0.1) is 0 Å². The number of nitrogens with one attached hydrogen (secondary N) is 5. The van der Waals surface area contributed by atoms with Crippen LogP contribution < -0.4 is 21.6 Å². The molecule has 49 heavy (non-hydrogen) atoms. The van der Waals surface area contributed by atoms with Crippen LogP contribution in [0.25, 0.3) is 11.0 Å². The third kappa shape index (κ3) is 12.4. The summed E-state index contributed by atoms with van der Waals surface area (Å²) in [5.74, 6) is -2.02. The molecule has 1 aromatic heterocycles. The van der Waals surface area contributed by atoms with Crippen molar-refractivity contribution in [3.05, 3.63) is 58.0 Å². The number of carbonyl (C=O) groups is 4. The molecule has 3 amide bonds. The lowest BCUT2D eigenvalue weighted by molar-refractivity contribution is -0.126. The molecule has 1 unspecified atom stereocenters. The lowest BCUT2D eigenvalue weighted by Gasteiger charge is -2.17. The second-order valence-electron chi connectivity index (χ2n) is 11.8. The average molecular weight is 678 g/mol. The monoisotopic (exact) mass is 677 g/mol. The normalized spacial score (nSPS) is 12.1. The Kier molecular flexibility index (Phi) is 15.8. The molecule has 5 N–H and O–H groups in total. The van der Waals surface area contributed by atoms with Gasteiger partial charge in [0, 0.05) is 29.9 Å². The minimum Gasteiger partial charge on any atom is -0.352 e. The Morgan fingerprint density at radius 1 is 0.735 bits per heavy atom. The van der Waals surface area contributed by atoms with Crippen LogP contribution in [0.1, 0.15) is 81.0 Å². The van der Waals surface area contributed by atoms with Crippen molar-refractivity contribution in [2.45, 2.75) is 66.3 Å². The number of amides is 3. The number of fused-ring (bicyclic) bond motifs is 1. The predicted octanol–water partition coefficient (Wildman–Crippen LogP) is 4.24. The van der Waals surface area contributed by atoms with Crippen LogP contribution in [0.4, 0.5) is 11.4 Å². The molecule has 14 nitrogen and oxygen atoms in total. The Morgan fingerprint density at radius 2 is 1.27 bits per heavy atom. The van der Waals surface area contributed by atoms with E-state index in [1.54, 1.807) is 18.2 Å². The highest BCUT2D eigenvalue weighted by molar-refractivity contribution is 6.10. The fraction of sp³-hybridized carbons (Fsp3) is 0.514. The van der Waals surface area contributed by atoms with Gasteiger partial charge < -0.3 is 35.7 Å². The summed E-state index contributed by atoms with van der Waals surface area (Å²) in [7, 11) is 0. The zero-order chi connectivity index (χ0) is 35.8. The third-order valence-corrected chi connectivity index (χ3v) is 8.31. The zero-order valence-electron chi connectivity index (χ0n) is 29.4. The first-order chi connectivity index (χ1) is 23.6. The maximum Gasteiger partial charge on any atom is 0.323 e. The van der Waals surface area contributed by atoms with Crippen molar-refractivity contribution in [2.24, 2.45) is 10.2 Å². The number of azo groups is 1. The first-order valence-corrected chi connectivity index (χ1v) is 17.2. The number of benzene rings is 2. The van der Waals surface area contributed by atoms with Crippen LogP contribution in [-0.4, -0.2) is 102 Å². The summed E-state index contributed by atoms with van der Waals surface area (Å²) in [5, 5.41) is 16.6. The van der Waals surface area contributed by atoms with Gasteiger partial charge >= 0.3 is 5.69 Å². The predicted molar refractivity (Wildman–Crippen MR) is 192 cm³/mol. The van der Waals surface area contributed by atoms with Crippen LogP contribution in [0.5, 0.6) is 0 Å². The molecule has 266 valence electrons. The van der Waals surface area contributed by atoms with Crippen molar-refractivity contribution in [1.29, 1.82) is 0 Å². The molecule has 0 bridgehead atoms. The molecule has 0 spiro atoms. The van der Waals surface area contributed by atoms with Gasteiger partial charge in [-0.3, -0.25) is 19.2 Å². The topological polar surface area (TPSA) is 184 Å². The summed E-state index contributed by atoms with van der Waals surface area (Å²) >= 11 is 0. The lowest BCUT2D eigenvalue weighted by Crippen LogP contribution is -2.31. The minimum absolute atomic E-state index is 0.145. The first kappa shape index (κ1) is 38.8. The Bertz CT molecular complexity index is 1590. The van der Waals surface area contributed by atoms with Gasteiger partial charge in [-0.1, -0.05) is 27.7 Å². The Balaban J connectivity index is 1.75. The number of rotatable bonds is 21. The SMILES string of the molecule is CCN(CC)CCCCNC(=O)c1cc(N=NC(C(C)=O)C(=O)Nc2ccc3[nH]c(=O)[nH]c3c2)cc(C(=O)NCCCCN(CC)CC)c1. The molecular formula is C35H51N9O5. The van der Waals surface area contributed by atoms with E-state index in [1.807, 2.05) is 0 Å². The highest BCUT2D eigenvalue weighted by Crippen LogP contribution is 2.21. The summed E-state index contributed by atoms with van der Waals surface area (Å²) in [4.78, 5) is 73.4. The fourth-order valence-corrected chi connectivity index (χ4v) is 5.30. The molecule has 1 atom stereocenters. The number of H-pyrrole nitrogens is 2. The minimum atomic E-state index is -1.49. The number of ketones is 1. The second-order valence-corrected chi connectivity index (χ2v) is 11.8. The third-order valence-electron chi connectivity index (χ3n) is 8.31. The number of nitrogens with zero attached hydrogens (tertiary/aromatic N) is 4. The maximum absolute atomic E-state index is 13.2. The van der Waals surface area contributed by atoms with Crippen molar-refractivity contribution < 1.29 is 19.2 Å². The molecule has 0 fully saturated rings. The molecular weight excluding hydrogens is 626 g/mol. The van der Waals surface area contributed by atoms with Gasteiger partial charge in [0.05, 0.1) is 16.7 Å². The number of unbranched alkanes of at least 4 members (excludes halogenated alkanes) is 2. The average Bonchev–Trinajstić information content (AvgIpc) is 3.46. The van der Waals surface area contributed by atoms with Crippen molar-refractivity contribution in [2.75, 3.05) is 57.7 Å². The number of aromatic nitrogens is 2. The number of hydrogen-bond acceptors (Lipinski definition) is 9. The molecule has 0 saturated carbocycles. The van der Waals surface area contributed by atoms with Crippen LogP contribution in [0.15, 0.2) is 51.4 Å². The molecule has 1 heterocycles. The van der Waals surface area contributed by atoms with E-state index in [4.69, 9.17) is 0 Å². The van der Waals surface area contributed by atoms with Gasteiger partial charge in [-0.2, -0.15) is 10.2 Å². The van der Waals surface area contributed by atoms with E-state index in [9.17, 15) is 24.0 Å². The Labute approximate surface area is 287 Å². The van der Waals surface area contributed by atoms with Gasteiger partial charge in [0.1, 0.15) is 0 Å². The van der Waals surface area contributed by atoms with Crippen LogP contribution in [0.2, 0.25) is 0 Å². The van der Waals surface area contributed by atoms with Crippen molar-refractivity contribution in [3.8, 4) is 0 Å². The quantitative estimate of drug-likeness (QED) is 0.0634. The fourth-order valence-electron chi connectivity index (χ4n) is 5.30. The number of hydrogen-bond donors (Lipinski definition) is 5. The maximum atomic E-state index is 13.2. The molecule has 3 aromatic rings. The van der Waals surface area contributed by atoms with Gasteiger partial charge in [-0.05, 0) is 108 Å². The number of anilines is 1. The number of aromatic amines is 2. The Hall–Kier alpha value is -4.69. The number of Topliss-reactive ketones (excluding diaryl/α,β-unsaturated/α-hetero) is 1. The van der Waals surface area contributed by atoms with Crippen molar-refractivity contribution in [3.63, 3.8) is 0 Å². The van der Waals surface area contributed by atoms with Gasteiger partial charge in [-0.25, -0.2) is 4.79 Å². The van der Waals surface area contributed by atoms with Crippen molar-refractivity contribution >= 4 is 45.9 Å². The molecule has 0 aliphatic rings. The Morgan fingerprint density at radius 3 is 1.78 bits per heavy atom. The summed E-state index contributed by atoms with van der Waals surface area (Å²) in [6, 6.07) is 7.71. The zero-order valence-corrected chi connectivity index (χ0v) is 29.4. The molecule has 0 aliphatic heterocycles. The van der Waals surface area contributed by atoms with Gasteiger partial charge in [0.15, 0.2) is 5.78 Å². The second kappa shape index (κ2) is 20.0. The molecule has 14 heteroatoms. The van der Waals surface area contributed by atoms with E-state index in [2.05, 4.69) is 73.6 Å². The summed E-state index contributed by atoms with van der Waals surface area (Å²) in [5.41, 5.74) is 1.58. The standard InChI is InChI=1S/C35H51N9O5/c1-6-43(7-2)18-12-10-16-36-32(46)25-20-26(33(47)37-17-11-13-19-44(8-3)9-4)22-28(21-25)41-42-31(24(5)45)34(48)38-27-14-15-29-30(23-27)40-35(49)39-29/h14-15,20-23,31H,6-13,16-19H2,1-5H3,(H,36,46)(H,37,47)(H,38,48)(H2,39,40,49). The molecule has 2 aromatic carbocycles. The first-order valence-electron chi connectivity index (χ1n) is 17.2. The van der Waals surface area contributed by atoms with Crippen LogP contribution in [0.3, 0.4) is 0 Å². The van der Waals surface area contributed by atoms with Crippen molar-refractivity contribution in [1.82, 2.24) is 30.4 Å². The summed E-state index contributed by atoms with van der Waals surface area (Å²) < 4.78 is 0. The van der Waals surface area contributed by atoms with E-state index < -0.39 is 17.7 Å². The molecule has 3 rings (SSSR count). The van der Waals surface area contributed by atoms with E-state index in [0.717, 1.165) is 65.0 Å². The van der Waals surface area contributed by atoms with Crippen LogP contribution in [-0.2, 0) is 9.59 Å². The van der Waals surface area contributed by atoms with Gasteiger partial charge in [0.25, 0.3) is 17.7 Å². The summed E-state index contributed by atoms with van der Waals surface area (Å²) in [6.45, 7) is 16.4. The van der Waals surface area contributed by atoms with Gasteiger partial charge in [0.2, 0.25) is 6.04 Å². The summed E-state index contributed by atoms with van der Waals surface area (Å²) in [6.07, 6.45) is 3.46. The molecule has 0 aliphatic carbocycles. The highest BCUT2D eigenvalue weighted by Gasteiger charge is 2.24. The van der Waals surface area contributed by atoms with Crippen LogP contribution >= 0.6 is 0 Å². The highest BCUT2D eigenvalue weighted by atomic mass is 16.2. The van der Waals surface area contributed by atoms with E-state index in [1.165, 1.54) is 25.1 Å². The number of imidazole rings is 1. The molecule has 0 saturated heterocycles. The van der Waals surface area contributed by atoms with E-state index >= 15 is 0 Å².